The van der Waals surface area contributed by atoms with Crippen molar-refractivity contribution < 1.29 is 9.53 Å². The maximum atomic E-state index is 12.2. The van der Waals surface area contributed by atoms with Crippen LogP contribution < -0.4 is 15.4 Å². The zero-order chi connectivity index (χ0) is 18.9. The molecule has 0 aliphatic carbocycles. The molecule has 5 nitrogen and oxygen atoms in total. The van der Waals surface area contributed by atoms with Crippen molar-refractivity contribution >= 4 is 5.91 Å². The second kappa shape index (κ2) is 10.7. The largest absolute Gasteiger partial charge is 0.494 e. The first-order valence-electron chi connectivity index (χ1n) is 10.7. The zero-order valence-electron chi connectivity index (χ0n) is 16.7. The monoisotopic (exact) mass is 373 g/mol. The first-order chi connectivity index (χ1) is 13.2. The highest BCUT2D eigenvalue weighted by molar-refractivity contribution is 5.81. The summed E-state index contributed by atoms with van der Waals surface area (Å²) in [5.74, 6) is 1.70. The van der Waals surface area contributed by atoms with Gasteiger partial charge in [-0.25, -0.2) is 0 Å². The number of amides is 1. The highest BCUT2D eigenvalue weighted by Gasteiger charge is 2.24. The molecule has 0 aromatic heterocycles. The third kappa shape index (κ3) is 6.51. The Hall–Kier alpha value is -1.59. The molecule has 2 N–H and O–H groups in total. The van der Waals surface area contributed by atoms with E-state index in [4.69, 9.17) is 4.74 Å². The van der Waals surface area contributed by atoms with Crippen LogP contribution in [0.15, 0.2) is 24.3 Å². The second-order valence-electron chi connectivity index (χ2n) is 7.98. The van der Waals surface area contributed by atoms with Crippen molar-refractivity contribution in [2.45, 2.75) is 58.0 Å². The van der Waals surface area contributed by atoms with Gasteiger partial charge < -0.3 is 15.4 Å². The molecule has 150 valence electrons. The number of hydrogen-bond acceptors (Lipinski definition) is 4. The molecule has 0 unspecified atom stereocenters. The van der Waals surface area contributed by atoms with Crippen molar-refractivity contribution in [3.05, 3.63) is 29.8 Å². The van der Waals surface area contributed by atoms with Crippen molar-refractivity contribution in [3.8, 4) is 5.75 Å². The molecule has 2 atom stereocenters. The molecule has 0 bridgehead atoms. The maximum absolute atomic E-state index is 12.2. The molecule has 1 amide bonds. The maximum Gasteiger partial charge on any atom is 0.237 e. The summed E-state index contributed by atoms with van der Waals surface area (Å²) in [4.78, 5) is 14.7. The van der Waals surface area contributed by atoms with Crippen molar-refractivity contribution in [1.82, 2.24) is 15.5 Å². The summed E-state index contributed by atoms with van der Waals surface area (Å²) in [7, 11) is 0. The van der Waals surface area contributed by atoms with Gasteiger partial charge in [0, 0.05) is 19.6 Å². The molecule has 2 aliphatic heterocycles. The number of carbonyl (C=O) groups excluding carboxylic acids is 1. The van der Waals surface area contributed by atoms with Crippen molar-refractivity contribution in [3.63, 3.8) is 0 Å². The Morgan fingerprint density at radius 1 is 1.26 bits per heavy atom. The predicted molar refractivity (Wildman–Crippen MR) is 109 cm³/mol. The predicted octanol–water partition coefficient (Wildman–Crippen LogP) is 2.95. The van der Waals surface area contributed by atoms with Crippen LogP contribution in [-0.4, -0.2) is 49.6 Å². The van der Waals surface area contributed by atoms with E-state index >= 15 is 0 Å². The zero-order valence-corrected chi connectivity index (χ0v) is 16.7. The van der Waals surface area contributed by atoms with Crippen LogP contribution in [0.4, 0.5) is 0 Å². The van der Waals surface area contributed by atoms with Gasteiger partial charge in [-0.15, -0.1) is 0 Å². The number of likely N-dealkylation sites (tertiary alicyclic amines) is 1. The standard InChI is InChI=1S/C22H35N3O2/c1-2-3-14-27-20-10-8-18(9-11-20)16-25-13-5-6-19(17-25)15-24-22(26)21-7-4-12-23-21/h8-11,19,21,23H,2-7,12-17H2,1H3,(H,24,26)/t19-,21-/m0/s1. The van der Waals surface area contributed by atoms with E-state index in [9.17, 15) is 4.79 Å². The first kappa shape index (κ1) is 20.2. The van der Waals surface area contributed by atoms with Crippen LogP contribution in [0.2, 0.25) is 0 Å². The molecule has 0 saturated carbocycles. The van der Waals surface area contributed by atoms with E-state index in [2.05, 4.69) is 46.7 Å². The highest BCUT2D eigenvalue weighted by atomic mass is 16.5. The van der Waals surface area contributed by atoms with Crippen LogP contribution in [0, 0.1) is 5.92 Å². The Labute approximate surface area is 163 Å². The third-order valence-electron chi connectivity index (χ3n) is 5.64. The molecule has 0 radical (unpaired) electrons. The summed E-state index contributed by atoms with van der Waals surface area (Å²) in [5, 5.41) is 6.44. The number of hydrogen-bond donors (Lipinski definition) is 2. The lowest BCUT2D eigenvalue weighted by molar-refractivity contribution is -0.123. The van der Waals surface area contributed by atoms with E-state index in [1.165, 1.54) is 18.4 Å². The van der Waals surface area contributed by atoms with E-state index in [1.807, 2.05) is 0 Å². The van der Waals surface area contributed by atoms with Gasteiger partial charge in [-0.05, 0) is 68.8 Å². The molecule has 3 rings (SSSR count). The Morgan fingerprint density at radius 3 is 2.85 bits per heavy atom. The number of nitrogens with one attached hydrogen (secondary N) is 2. The third-order valence-corrected chi connectivity index (χ3v) is 5.64. The van der Waals surface area contributed by atoms with Crippen molar-refractivity contribution in [2.75, 3.05) is 32.8 Å². The summed E-state index contributed by atoms with van der Waals surface area (Å²) in [5.41, 5.74) is 1.33. The van der Waals surface area contributed by atoms with Crippen LogP contribution in [0.25, 0.3) is 0 Å². The Morgan fingerprint density at radius 2 is 2.11 bits per heavy atom. The fourth-order valence-electron chi connectivity index (χ4n) is 4.02. The number of nitrogens with zero attached hydrogens (tertiary/aromatic N) is 1. The molecule has 2 aliphatic rings. The van der Waals surface area contributed by atoms with Gasteiger partial charge >= 0.3 is 0 Å². The van der Waals surface area contributed by atoms with Crippen molar-refractivity contribution in [2.24, 2.45) is 5.92 Å². The van der Waals surface area contributed by atoms with E-state index in [0.717, 1.165) is 70.8 Å². The smallest absolute Gasteiger partial charge is 0.237 e. The molecule has 1 aromatic rings. The minimum atomic E-state index is 0.0303. The molecular weight excluding hydrogens is 338 g/mol. The van der Waals surface area contributed by atoms with Gasteiger partial charge in [0.25, 0.3) is 0 Å². The normalized spacial score (nSPS) is 23.3. The number of carbonyl (C=O) groups is 1. The molecule has 2 fully saturated rings. The highest BCUT2D eigenvalue weighted by Crippen LogP contribution is 2.20. The molecule has 27 heavy (non-hydrogen) atoms. The Bertz CT molecular complexity index is 569. The van der Waals surface area contributed by atoms with Gasteiger partial charge in [-0.2, -0.15) is 0 Å². The minimum Gasteiger partial charge on any atom is -0.494 e. The summed E-state index contributed by atoms with van der Waals surface area (Å²) in [6, 6.07) is 8.56. The summed E-state index contributed by atoms with van der Waals surface area (Å²) < 4.78 is 5.75. The summed E-state index contributed by atoms with van der Waals surface area (Å²) in [6.07, 6.45) is 6.76. The number of ether oxygens (including phenoxy) is 1. The topological polar surface area (TPSA) is 53.6 Å². The van der Waals surface area contributed by atoms with Crippen LogP contribution in [-0.2, 0) is 11.3 Å². The van der Waals surface area contributed by atoms with Gasteiger partial charge in [0.05, 0.1) is 12.6 Å². The van der Waals surface area contributed by atoms with Crippen LogP contribution >= 0.6 is 0 Å². The summed E-state index contributed by atoms with van der Waals surface area (Å²) in [6.45, 7) is 7.93. The second-order valence-corrected chi connectivity index (χ2v) is 7.98. The van der Waals surface area contributed by atoms with E-state index in [1.54, 1.807) is 0 Å². The molecule has 1 aromatic carbocycles. The van der Waals surface area contributed by atoms with E-state index in [0.29, 0.717) is 5.92 Å². The van der Waals surface area contributed by atoms with Crippen LogP contribution in [0.1, 0.15) is 51.0 Å². The number of benzene rings is 1. The fraction of sp³-hybridized carbons (Fsp3) is 0.682. The number of rotatable bonds is 9. The lowest BCUT2D eigenvalue weighted by atomic mass is 9.97. The number of piperidine rings is 1. The number of unbranched alkanes of at least 4 members (excludes halogenated alkanes) is 1. The molecular formula is C22H35N3O2. The SMILES string of the molecule is CCCCOc1ccc(CN2CCC[C@@H](CNC(=O)[C@@H]3CCCN3)C2)cc1. The van der Waals surface area contributed by atoms with Gasteiger partial charge in [-0.3, -0.25) is 9.69 Å². The Kier molecular flexibility index (Phi) is 7.96. The summed E-state index contributed by atoms with van der Waals surface area (Å²) >= 11 is 0. The van der Waals surface area contributed by atoms with Crippen molar-refractivity contribution in [1.29, 1.82) is 0 Å². The Balaban J connectivity index is 1.40. The van der Waals surface area contributed by atoms with Gasteiger partial charge in [0.2, 0.25) is 5.91 Å². The molecule has 2 saturated heterocycles. The van der Waals surface area contributed by atoms with E-state index < -0.39 is 0 Å². The fourth-order valence-corrected chi connectivity index (χ4v) is 4.02. The average Bonchev–Trinajstić information content (AvgIpc) is 3.23. The lowest BCUT2D eigenvalue weighted by Crippen LogP contribution is -2.45. The molecule has 0 spiro atoms. The van der Waals surface area contributed by atoms with Gasteiger partial charge in [-0.1, -0.05) is 25.5 Å². The molecule has 5 heteroatoms. The lowest BCUT2D eigenvalue weighted by Gasteiger charge is -2.33. The van der Waals surface area contributed by atoms with Crippen LogP contribution in [0.5, 0.6) is 5.75 Å². The van der Waals surface area contributed by atoms with Crippen LogP contribution in [0.3, 0.4) is 0 Å². The van der Waals surface area contributed by atoms with Gasteiger partial charge in [0.1, 0.15) is 5.75 Å². The molecule has 2 heterocycles. The van der Waals surface area contributed by atoms with Gasteiger partial charge in [0.15, 0.2) is 0 Å². The first-order valence-corrected chi connectivity index (χ1v) is 10.7. The quantitative estimate of drug-likeness (QED) is 0.654. The minimum absolute atomic E-state index is 0.0303. The average molecular weight is 374 g/mol. The van der Waals surface area contributed by atoms with E-state index in [-0.39, 0.29) is 11.9 Å².